The fraction of sp³-hybridized carbons (Fsp3) is 0.167. The first kappa shape index (κ1) is 15.3. The van der Waals surface area contributed by atoms with Crippen molar-refractivity contribution in [1.82, 2.24) is 15.0 Å². The number of aromatic nitrogens is 2. The van der Waals surface area contributed by atoms with E-state index >= 15 is 0 Å². The van der Waals surface area contributed by atoms with E-state index < -0.39 is 0 Å². The molecular formula is C18H14IN3O2. The minimum atomic E-state index is 0.0547. The molecule has 1 aliphatic rings. The Morgan fingerprint density at radius 1 is 1.08 bits per heavy atom. The minimum absolute atomic E-state index is 0.0547. The Kier molecular flexibility index (Phi) is 4.05. The van der Waals surface area contributed by atoms with Crippen molar-refractivity contribution in [2.75, 3.05) is 13.1 Å². The van der Waals surface area contributed by atoms with Gasteiger partial charge in [0.1, 0.15) is 0 Å². The zero-order valence-electron chi connectivity index (χ0n) is 12.7. The maximum atomic E-state index is 12.5. The lowest BCUT2D eigenvalue weighted by Crippen LogP contribution is -2.48. The molecule has 0 N–H and O–H groups in total. The number of halogens is 1. The van der Waals surface area contributed by atoms with Crippen LogP contribution in [0, 0.1) is 3.57 Å². The van der Waals surface area contributed by atoms with Gasteiger partial charge in [0, 0.05) is 22.2 Å². The average Bonchev–Trinajstić information content (AvgIpc) is 3.04. The molecule has 0 saturated carbocycles. The zero-order valence-corrected chi connectivity index (χ0v) is 14.9. The van der Waals surface area contributed by atoms with E-state index in [0.29, 0.717) is 24.8 Å². The second kappa shape index (κ2) is 6.35. The van der Waals surface area contributed by atoms with Crippen molar-refractivity contribution in [1.29, 1.82) is 0 Å². The molecule has 6 heteroatoms. The number of hydrogen-bond donors (Lipinski definition) is 0. The van der Waals surface area contributed by atoms with Crippen LogP contribution in [-0.4, -0.2) is 34.0 Å². The van der Waals surface area contributed by atoms with Crippen LogP contribution in [0.5, 0.6) is 0 Å². The van der Waals surface area contributed by atoms with Gasteiger partial charge in [0.2, 0.25) is 11.7 Å². The molecular weight excluding hydrogens is 417 g/mol. The van der Waals surface area contributed by atoms with Crippen molar-refractivity contribution in [2.24, 2.45) is 0 Å². The summed E-state index contributed by atoms with van der Waals surface area (Å²) < 4.78 is 6.35. The Labute approximate surface area is 152 Å². The van der Waals surface area contributed by atoms with E-state index in [9.17, 15) is 4.79 Å². The van der Waals surface area contributed by atoms with E-state index in [1.807, 2.05) is 59.5 Å². The van der Waals surface area contributed by atoms with Crippen LogP contribution in [0.3, 0.4) is 0 Å². The summed E-state index contributed by atoms with van der Waals surface area (Å²) in [5, 5.41) is 4.04. The van der Waals surface area contributed by atoms with Crippen LogP contribution < -0.4 is 0 Å². The van der Waals surface area contributed by atoms with Crippen molar-refractivity contribution >= 4 is 28.5 Å². The van der Waals surface area contributed by atoms with Crippen LogP contribution >= 0.6 is 22.6 Å². The Hall–Kier alpha value is -2.22. The zero-order chi connectivity index (χ0) is 16.5. The summed E-state index contributed by atoms with van der Waals surface area (Å²) in [6.07, 6.45) is 0. The van der Waals surface area contributed by atoms with E-state index in [1.54, 1.807) is 0 Å². The van der Waals surface area contributed by atoms with Gasteiger partial charge in [0.25, 0.3) is 5.91 Å². The largest absolute Gasteiger partial charge is 0.339 e. The second-order valence-electron chi connectivity index (χ2n) is 5.71. The monoisotopic (exact) mass is 431 g/mol. The Bertz CT molecular complexity index is 873. The molecule has 1 fully saturated rings. The number of likely N-dealkylation sites (tertiary alicyclic amines) is 1. The third-order valence-electron chi connectivity index (χ3n) is 4.10. The van der Waals surface area contributed by atoms with Gasteiger partial charge in [-0.1, -0.05) is 47.6 Å². The summed E-state index contributed by atoms with van der Waals surface area (Å²) in [6, 6.07) is 17.3. The van der Waals surface area contributed by atoms with Gasteiger partial charge in [-0.3, -0.25) is 4.79 Å². The number of carbonyl (C=O) groups is 1. The molecule has 0 atom stereocenters. The molecule has 24 heavy (non-hydrogen) atoms. The highest BCUT2D eigenvalue weighted by molar-refractivity contribution is 14.1. The van der Waals surface area contributed by atoms with E-state index in [2.05, 4.69) is 32.7 Å². The molecule has 0 bridgehead atoms. The van der Waals surface area contributed by atoms with Crippen molar-refractivity contribution in [2.45, 2.75) is 5.92 Å². The molecule has 4 rings (SSSR count). The lowest BCUT2D eigenvalue weighted by molar-refractivity contribution is 0.0568. The fourth-order valence-corrected chi connectivity index (χ4v) is 3.33. The van der Waals surface area contributed by atoms with Gasteiger partial charge >= 0.3 is 0 Å². The Morgan fingerprint density at radius 3 is 2.54 bits per heavy atom. The first-order chi connectivity index (χ1) is 11.7. The smallest absolute Gasteiger partial charge is 0.254 e. The molecule has 1 amide bonds. The first-order valence-corrected chi connectivity index (χ1v) is 8.73. The summed E-state index contributed by atoms with van der Waals surface area (Å²) >= 11 is 2.19. The van der Waals surface area contributed by atoms with Gasteiger partial charge in [-0.2, -0.15) is 4.98 Å². The van der Waals surface area contributed by atoms with Gasteiger partial charge in [-0.15, -0.1) is 0 Å². The van der Waals surface area contributed by atoms with Crippen LogP contribution in [0.4, 0.5) is 0 Å². The molecule has 1 saturated heterocycles. The number of carbonyl (C=O) groups excluding carboxylic acids is 1. The van der Waals surface area contributed by atoms with Gasteiger partial charge in [-0.25, -0.2) is 0 Å². The summed E-state index contributed by atoms with van der Waals surface area (Å²) in [6.45, 7) is 1.22. The predicted octanol–water partition coefficient (Wildman–Crippen LogP) is 3.58. The highest BCUT2D eigenvalue weighted by Crippen LogP contribution is 2.29. The van der Waals surface area contributed by atoms with Gasteiger partial charge in [-0.05, 0) is 34.7 Å². The van der Waals surface area contributed by atoms with Crippen molar-refractivity contribution < 1.29 is 9.32 Å². The summed E-state index contributed by atoms with van der Waals surface area (Å²) in [7, 11) is 0. The van der Waals surface area contributed by atoms with E-state index in [4.69, 9.17) is 4.52 Å². The minimum Gasteiger partial charge on any atom is -0.339 e. The van der Waals surface area contributed by atoms with Crippen molar-refractivity contribution in [3.05, 3.63) is 69.6 Å². The molecule has 1 aliphatic heterocycles. The number of nitrogens with zero attached hydrogens (tertiary/aromatic N) is 3. The molecule has 0 unspecified atom stereocenters. The maximum absolute atomic E-state index is 12.5. The second-order valence-corrected chi connectivity index (χ2v) is 6.87. The lowest BCUT2D eigenvalue weighted by Gasteiger charge is -2.37. The third-order valence-corrected chi connectivity index (χ3v) is 5.04. The number of rotatable bonds is 3. The van der Waals surface area contributed by atoms with Gasteiger partial charge in [0.15, 0.2) is 0 Å². The van der Waals surface area contributed by atoms with E-state index in [-0.39, 0.29) is 11.8 Å². The van der Waals surface area contributed by atoms with Gasteiger partial charge in [0.05, 0.1) is 11.5 Å². The lowest BCUT2D eigenvalue weighted by atomic mass is 9.98. The standard InChI is InChI=1S/C18H14IN3O2/c19-15-9-5-4-8-14(15)18(23)22-10-13(11-22)17-20-16(21-24-17)12-6-2-1-3-7-12/h1-9,13H,10-11H2. The molecule has 5 nitrogen and oxygen atoms in total. The quantitative estimate of drug-likeness (QED) is 0.595. The molecule has 0 aliphatic carbocycles. The summed E-state index contributed by atoms with van der Waals surface area (Å²) in [4.78, 5) is 18.8. The van der Waals surface area contributed by atoms with Crippen molar-refractivity contribution in [3.63, 3.8) is 0 Å². The molecule has 3 aromatic rings. The summed E-state index contributed by atoms with van der Waals surface area (Å²) in [5.74, 6) is 1.35. The van der Waals surface area contributed by atoms with Crippen molar-refractivity contribution in [3.8, 4) is 11.4 Å². The van der Waals surface area contributed by atoms with Gasteiger partial charge < -0.3 is 9.42 Å². The van der Waals surface area contributed by atoms with Crippen LogP contribution in [0.2, 0.25) is 0 Å². The Balaban J connectivity index is 1.44. The predicted molar refractivity (Wildman–Crippen MR) is 97.5 cm³/mol. The highest BCUT2D eigenvalue weighted by Gasteiger charge is 2.36. The molecule has 1 aromatic heterocycles. The van der Waals surface area contributed by atoms with E-state index in [0.717, 1.165) is 14.7 Å². The van der Waals surface area contributed by atoms with E-state index in [1.165, 1.54) is 0 Å². The molecule has 2 heterocycles. The maximum Gasteiger partial charge on any atom is 0.254 e. The fourth-order valence-electron chi connectivity index (χ4n) is 2.71. The van der Waals surface area contributed by atoms with Crippen LogP contribution in [-0.2, 0) is 0 Å². The number of benzene rings is 2. The normalized spacial score (nSPS) is 14.5. The molecule has 0 spiro atoms. The highest BCUT2D eigenvalue weighted by atomic mass is 127. The topological polar surface area (TPSA) is 59.2 Å². The first-order valence-electron chi connectivity index (χ1n) is 7.65. The molecule has 2 aromatic carbocycles. The molecule has 0 radical (unpaired) electrons. The van der Waals surface area contributed by atoms with Crippen LogP contribution in [0.1, 0.15) is 22.2 Å². The molecule has 120 valence electrons. The van der Waals surface area contributed by atoms with Crippen LogP contribution in [0.25, 0.3) is 11.4 Å². The Morgan fingerprint density at radius 2 is 1.79 bits per heavy atom. The average molecular weight is 431 g/mol. The van der Waals surface area contributed by atoms with Crippen LogP contribution in [0.15, 0.2) is 59.1 Å². The summed E-state index contributed by atoms with van der Waals surface area (Å²) in [5.41, 5.74) is 1.67. The number of amides is 1. The third kappa shape index (κ3) is 2.82. The number of hydrogen-bond acceptors (Lipinski definition) is 4. The SMILES string of the molecule is O=C(c1ccccc1I)N1CC(c2nc(-c3ccccc3)no2)C1.